The molecular weight excluding hydrogens is 1810 g/mol. The van der Waals surface area contributed by atoms with Crippen LogP contribution in [0.4, 0.5) is 51.2 Å². The minimum absolute atomic E-state index is 0.0147. The molecule has 4 aliphatic carbocycles. The average molecular weight is 1900 g/mol. The van der Waals surface area contributed by atoms with Crippen LogP contribution >= 0.6 is 34.0 Å². The first-order valence-corrected chi connectivity index (χ1v) is 52.5. The van der Waals surface area contributed by atoms with Crippen LogP contribution in [0.5, 0.6) is 0 Å². The second kappa shape index (κ2) is 34.5. The maximum atomic E-state index is 2.48. The Balaban J connectivity index is 0.000000106. The molecule has 26 aromatic rings. The van der Waals surface area contributed by atoms with Crippen LogP contribution in [0.3, 0.4) is 0 Å². The molecular formula is C139H93N3S3. The minimum atomic E-state index is -0.470. The van der Waals surface area contributed by atoms with Crippen molar-refractivity contribution in [2.45, 2.75) is 30.1 Å². The van der Waals surface area contributed by atoms with E-state index in [2.05, 4.69) is 556 Å². The Morgan fingerprint density at radius 2 is 0.462 bits per heavy atom. The lowest BCUT2D eigenvalue weighted by Crippen LogP contribution is -2.28. The van der Waals surface area contributed by atoms with Crippen LogP contribution < -0.4 is 14.7 Å². The van der Waals surface area contributed by atoms with Crippen LogP contribution in [-0.2, 0) is 16.2 Å². The first-order chi connectivity index (χ1) is 71.6. The summed E-state index contributed by atoms with van der Waals surface area (Å²) in [7, 11) is 0. The number of rotatable bonds is 13. The van der Waals surface area contributed by atoms with Crippen LogP contribution in [0, 0.1) is 0 Å². The SMILES string of the molecule is CC1(C)c2ccccc2-c2ccc(-c3ccc(N(c4ccc5ccccc5c4)c4ccc5sc6ccccc6c5c4)cc3)cc21.c1ccc(-c2ccc(N(c3ccc4c(c3)C3(c5ccccc5-c5ccccc53)c3ccccc3-4)c3ccc4sc5ccccc5c4c3)cc2)cc1.c1ccc(C2(c3ccccc3)c3ccccc3-c3ccc(N(c4ccc5sc6ccccc6c5c4)c4cccc5ccccc45)cc32)cc1. The van der Waals surface area contributed by atoms with E-state index in [1.54, 1.807) is 0 Å². The minimum Gasteiger partial charge on any atom is -0.310 e. The summed E-state index contributed by atoms with van der Waals surface area (Å²) in [5, 5.41) is 12.7. The molecule has 145 heavy (non-hydrogen) atoms. The highest BCUT2D eigenvalue weighted by Gasteiger charge is 2.52. The summed E-state index contributed by atoms with van der Waals surface area (Å²) < 4.78 is 7.89. The fraction of sp³-hybridized carbons (Fsp3) is 0.0360. The molecule has 0 radical (unpaired) electrons. The van der Waals surface area contributed by atoms with Crippen molar-refractivity contribution in [2.75, 3.05) is 14.7 Å². The third-order valence-electron chi connectivity index (χ3n) is 31.1. The molecule has 4 aliphatic rings. The number of anilines is 9. The van der Waals surface area contributed by atoms with Crippen LogP contribution in [-0.4, -0.2) is 0 Å². The highest BCUT2D eigenvalue weighted by Crippen LogP contribution is 2.65. The summed E-state index contributed by atoms with van der Waals surface area (Å²) in [6.07, 6.45) is 0. The molecule has 0 N–H and O–H groups in total. The molecule has 30 rings (SSSR count). The van der Waals surface area contributed by atoms with Crippen LogP contribution in [0.15, 0.2) is 528 Å². The largest absolute Gasteiger partial charge is 0.310 e. The Bertz CT molecular complexity index is 9540. The third-order valence-corrected chi connectivity index (χ3v) is 34.5. The van der Waals surface area contributed by atoms with Gasteiger partial charge in [-0.05, 0) is 284 Å². The zero-order valence-corrected chi connectivity index (χ0v) is 82.2. The fourth-order valence-corrected chi connectivity index (χ4v) is 27.8. The Kier molecular flexibility index (Phi) is 20.4. The number of hydrogen-bond donors (Lipinski definition) is 0. The van der Waals surface area contributed by atoms with Crippen LogP contribution in [0.1, 0.15) is 69.5 Å². The predicted octanol–water partition coefficient (Wildman–Crippen LogP) is 39.2. The van der Waals surface area contributed by atoms with Gasteiger partial charge in [0, 0.05) is 117 Å². The Labute approximate surface area is 855 Å². The van der Waals surface area contributed by atoms with E-state index in [0.717, 1.165) is 51.2 Å². The number of hydrogen-bond acceptors (Lipinski definition) is 6. The van der Waals surface area contributed by atoms with Gasteiger partial charge in [-0.25, -0.2) is 0 Å². The number of benzene rings is 23. The van der Waals surface area contributed by atoms with Crippen molar-refractivity contribution < 1.29 is 0 Å². The highest BCUT2D eigenvalue weighted by molar-refractivity contribution is 7.26. The molecule has 682 valence electrons. The summed E-state index contributed by atoms with van der Waals surface area (Å²) in [5.41, 5.74) is 38.3. The van der Waals surface area contributed by atoms with Gasteiger partial charge in [0.1, 0.15) is 0 Å². The van der Waals surface area contributed by atoms with Gasteiger partial charge in [0.05, 0.1) is 16.5 Å². The maximum absolute atomic E-state index is 2.48. The van der Waals surface area contributed by atoms with E-state index in [-0.39, 0.29) is 5.41 Å². The zero-order chi connectivity index (χ0) is 96.0. The molecule has 0 atom stereocenters. The standard InChI is InChI=1S/C49H31NS.C47H31NS.C43H31NS/c1-2-12-32(13-3-1)33-22-24-34(25-23-33)50(35-27-29-48-42(30-35)41-17-7-11-21-47(41)51-48)36-26-28-40-39-16-6-10-20-45(39)49(46(40)31-36)43-18-8-4-14-37(43)38-15-5-9-19-44(38)49;1-3-16-33(17-4-1)47(34-18-5-2-6-19-34)42-23-11-9-21-38(42)39-28-26-36(31-43(39)47)48(44-24-13-15-32-14-7-8-20-37(32)44)35-27-29-46-41(30-35)40-22-10-12-25-45(40)49-46;1-43(2)39-13-7-5-11-35(39)36-23-18-31(26-40(36)43)29-15-19-32(20-16-29)44(33-21-17-28-9-3-4-10-30(28)25-33)34-22-24-42-38(27-34)37-12-6-8-14-41(37)45-42/h1-31H;1-31H;3-27H,1-2H3. The second-order valence-corrected chi connectivity index (χ2v) is 42.4. The summed E-state index contributed by atoms with van der Waals surface area (Å²) in [6, 6.07) is 195. The molecule has 3 nitrogen and oxygen atoms in total. The van der Waals surface area contributed by atoms with Gasteiger partial charge in [-0.2, -0.15) is 0 Å². The van der Waals surface area contributed by atoms with E-state index in [9.17, 15) is 0 Å². The Morgan fingerprint density at radius 1 is 0.159 bits per heavy atom. The van der Waals surface area contributed by atoms with E-state index >= 15 is 0 Å². The summed E-state index contributed by atoms with van der Waals surface area (Å²) in [4.78, 5) is 7.31. The first-order valence-electron chi connectivity index (χ1n) is 50.0. The smallest absolute Gasteiger partial charge is 0.0726 e. The lowest BCUT2D eigenvalue weighted by molar-refractivity contribution is 0.660. The van der Waals surface area contributed by atoms with E-state index in [1.807, 2.05) is 34.0 Å². The van der Waals surface area contributed by atoms with Crippen molar-refractivity contribution in [1.82, 2.24) is 0 Å². The molecule has 1 spiro atoms. The second-order valence-electron chi connectivity index (χ2n) is 39.1. The third kappa shape index (κ3) is 13.8. The summed E-state index contributed by atoms with van der Waals surface area (Å²) >= 11 is 5.59. The van der Waals surface area contributed by atoms with Crippen molar-refractivity contribution in [3.05, 3.63) is 583 Å². The van der Waals surface area contributed by atoms with Crippen molar-refractivity contribution in [1.29, 1.82) is 0 Å². The Hall–Kier alpha value is -17.4. The fourth-order valence-electron chi connectivity index (χ4n) is 24.5. The van der Waals surface area contributed by atoms with Crippen molar-refractivity contribution in [2.24, 2.45) is 0 Å². The van der Waals surface area contributed by atoms with Gasteiger partial charge in [-0.15, -0.1) is 34.0 Å². The molecule has 6 heteroatoms. The Morgan fingerprint density at radius 3 is 0.959 bits per heavy atom. The van der Waals surface area contributed by atoms with Gasteiger partial charge >= 0.3 is 0 Å². The van der Waals surface area contributed by atoms with Gasteiger partial charge in [0.25, 0.3) is 0 Å². The van der Waals surface area contributed by atoms with Gasteiger partial charge in [-0.1, -0.05) is 396 Å². The van der Waals surface area contributed by atoms with Crippen LogP contribution in [0.2, 0.25) is 0 Å². The molecule has 23 aromatic carbocycles. The quantitative estimate of drug-likeness (QED) is 0.114. The van der Waals surface area contributed by atoms with Crippen LogP contribution in [0.25, 0.3) is 149 Å². The molecule has 0 aliphatic heterocycles. The summed E-state index contributed by atoms with van der Waals surface area (Å²) in [6.45, 7) is 4.69. The van der Waals surface area contributed by atoms with Gasteiger partial charge in [0.2, 0.25) is 0 Å². The van der Waals surface area contributed by atoms with Crippen molar-refractivity contribution in [3.63, 3.8) is 0 Å². The number of nitrogens with zero attached hydrogens (tertiary/aromatic N) is 3. The molecule has 0 unspecified atom stereocenters. The molecule has 0 bridgehead atoms. The van der Waals surface area contributed by atoms with E-state index < -0.39 is 10.8 Å². The normalized spacial score (nSPS) is 13.2. The van der Waals surface area contributed by atoms with E-state index in [4.69, 9.17) is 0 Å². The summed E-state index contributed by atoms with van der Waals surface area (Å²) in [5.74, 6) is 0. The maximum Gasteiger partial charge on any atom is 0.0726 e. The number of fused-ring (bicyclic) bond motifs is 27. The number of thiophene rings is 3. The van der Waals surface area contributed by atoms with E-state index in [1.165, 1.54) is 204 Å². The van der Waals surface area contributed by atoms with E-state index in [0.29, 0.717) is 0 Å². The molecule has 0 saturated heterocycles. The molecule has 0 fully saturated rings. The zero-order valence-electron chi connectivity index (χ0n) is 79.8. The molecule has 0 saturated carbocycles. The lowest BCUT2D eigenvalue weighted by Gasteiger charge is -2.35. The monoisotopic (exact) mass is 1900 g/mol. The molecule has 3 aromatic heterocycles. The van der Waals surface area contributed by atoms with Gasteiger partial charge in [0.15, 0.2) is 0 Å². The first kappa shape index (κ1) is 85.6. The predicted molar refractivity (Wildman–Crippen MR) is 619 cm³/mol. The topological polar surface area (TPSA) is 9.72 Å². The average Bonchev–Trinajstić information content (AvgIpc) is 1.50. The highest BCUT2D eigenvalue weighted by atomic mass is 32.1. The van der Waals surface area contributed by atoms with Crippen molar-refractivity contribution >= 4 is 167 Å². The molecule has 0 amide bonds. The van der Waals surface area contributed by atoms with Crippen molar-refractivity contribution in [3.8, 4) is 66.8 Å². The molecule has 3 heterocycles. The van der Waals surface area contributed by atoms with Gasteiger partial charge in [-0.3, -0.25) is 0 Å². The van der Waals surface area contributed by atoms with Gasteiger partial charge < -0.3 is 14.7 Å². The lowest BCUT2D eigenvalue weighted by atomic mass is 9.67.